The molecule has 1 N–H and O–H groups in total. The second-order valence-corrected chi connectivity index (χ2v) is 7.01. The number of ether oxygens (including phenoxy) is 2. The Morgan fingerprint density at radius 3 is 2.64 bits per heavy atom. The quantitative estimate of drug-likeness (QED) is 0.770. The molecule has 3 rings (SSSR count). The molecule has 0 saturated carbocycles. The fourth-order valence-corrected chi connectivity index (χ4v) is 3.34. The lowest BCUT2D eigenvalue weighted by Crippen LogP contribution is -2.45. The number of carboxylic acids is 1. The second kappa shape index (κ2) is 8.47. The molecule has 9 nitrogen and oxygen atoms in total. The molecule has 9 heteroatoms. The van der Waals surface area contributed by atoms with E-state index in [4.69, 9.17) is 14.6 Å². The lowest BCUT2D eigenvalue weighted by atomic mass is 10.1. The number of fused-ring (bicyclic) bond motifs is 1. The van der Waals surface area contributed by atoms with E-state index in [1.54, 1.807) is 23.1 Å². The summed E-state index contributed by atoms with van der Waals surface area (Å²) in [5, 5.41) is 8.84. The van der Waals surface area contributed by atoms with E-state index in [0.29, 0.717) is 44.2 Å². The average Bonchev–Trinajstić information content (AvgIpc) is 2.69. The maximum atomic E-state index is 12.7. The number of carboxylic acid groups (broad SMARTS) is 1. The van der Waals surface area contributed by atoms with Crippen molar-refractivity contribution in [3.63, 3.8) is 0 Å². The number of carbonyl (C=O) groups excluding carboxylic acids is 2. The molecule has 1 aromatic carbocycles. The predicted molar refractivity (Wildman–Crippen MR) is 101 cm³/mol. The van der Waals surface area contributed by atoms with Crippen molar-refractivity contribution >= 4 is 23.5 Å². The first kappa shape index (κ1) is 19.9. The molecule has 0 bridgehead atoms. The van der Waals surface area contributed by atoms with Gasteiger partial charge in [-0.3, -0.25) is 14.4 Å². The molecule has 152 valence electrons. The summed E-state index contributed by atoms with van der Waals surface area (Å²) in [6.45, 7) is 2.17. The normalized spacial score (nSPS) is 18.9. The molecule has 2 amide bonds. The van der Waals surface area contributed by atoms with Crippen LogP contribution in [0.4, 0.5) is 5.69 Å². The molecular formula is C19H25N3O6. The van der Waals surface area contributed by atoms with Crippen LogP contribution >= 0.6 is 0 Å². The lowest BCUT2D eigenvalue weighted by Gasteiger charge is -2.36. The van der Waals surface area contributed by atoms with E-state index in [0.717, 1.165) is 5.69 Å². The number of hydrogen-bond donors (Lipinski definition) is 1. The molecule has 1 fully saturated rings. The number of carbonyl (C=O) groups is 3. The molecule has 0 unspecified atom stereocenters. The summed E-state index contributed by atoms with van der Waals surface area (Å²) in [7, 11) is 3.31. The Hall–Kier alpha value is -2.81. The van der Waals surface area contributed by atoms with Crippen LogP contribution in [-0.2, 0) is 14.3 Å². The third kappa shape index (κ3) is 4.36. The number of anilines is 1. The van der Waals surface area contributed by atoms with Gasteiger partial charge < -0.3 is 29.3 Å². The molecule has 1 aromatic rings. The third-order valence-electron chi connectivity index (χ3n) is 5.07. The van der Waals surface area contributed by atoms with Gasteiger partial charge >= 0.3 is 5.97 Å². The van der Waals surface area contributed by atoms with Crippen LogP contribution in [0.5, 0.6) is 5.75 Å². The Bertz CT molecular complexity index is 762. The van der Waals surface area contributed by atoms with E-state index in [9.17, 15) is 14.4 Å². The Morgan fingerprint density at radius 1 is 1.25 bits per heavy atom. The minimum Gasteiger partial charge on any atom is -0.489 e. The van der Waals surface area contributed by atoms with Crippen LogP contribution < -0.4 is 9.64 Å². The van der Waals surface area contributed by atoms with Gasteiger partial charge in [0.15, 0.2) is 0 Å². The van der Waals surface area contributed by atoms with Crippen LogP contribution in [0, 0.1) is 0 Å². The van der Waals surface area contributed by atoms with E-state index >= 15 is 0 Å². The van der Waals surface area contributed by atoms with Gasteiger partial charge in [-0.1, -0.05) is 0 Å². The summed E-state index contributed by atoms with van der Waals surface area (Å²) in [5.74, 6) is -0.727. The van der Waals surface area contributed by atoms with Crippen molar-refractivity contribution in [1.82, 2.24) is 9.80 Å². The zero-order valence-corrected chi connectivity index (χ0v) is 16.1. The summed E-state index contributed by atoms with van der Waals surface area (Å²) in [4.78, 5) is 40.7. The van der Waals surface area contributed by atoms with Gasteiger partial charge in [0.05, 0.1) is 31.4 Å². The lowest BCUT2D eigenvalue weighted by molar-refractivity contribution is -0.143. The molecule has 2 heterocycles. The first-order valence-electron chi connectivity index (χ1n) is 9.19. The summed E-state index contributed by atoms with van der Waals surface area (Å²) in [6, 6.07) is 5.06. The van der Waals surface area contributed by atoms with E-state index in [1.165, 1.54) is 11.9 Å². The van der Waals surface area contributed by atoms with Crippen LogP contribution in [0.2, 0.25) is 0 Å². The molecule has 2 aliphatic rings. The number of aliphatic carboxylic acids is 1. The number of benzene rings is 1. The summed E-state index contributed by atoms with van der Waals surface area (Å²) in [5.41, 5.74) is 1.30. The van der Waals surface area contributed by atoms with E-state index in [-0.39, 0.29) is 30.8 Å². The van der Waals surface area contributed by atoms with Crippen LogP contribution in [0.3, 0.4) is 0 Å². The number of rotatable bonds is 5. The van der Waals surface area contributed by atoms with Crippen molar-refractivity contribution in [1.29, 1.82) is 0 Å². The molecule has 1 saturated heterocycles. The van der Waals surface area contributed by atoms with Crippen LogP contribution in [-0.4, -0.2) is 92.3 Å². The van der Waals surface area contributed by atoms with Crippen molar-refractivity contribution in [3.8, 4) is 5.75 Å². The van der Waals surface area contributed by atoms with Crippen LogP contribution in [0.1, 0.15) is 16.8 Å². The smallest absolute Gasteiger partial charge is 0.323 e. The summed E-state index contributed by atoms with van der Waals surface area (Å²) >= 11 is 0. The molecule has 0 aromatic heterocycles. The Morgan fingerprint density at radius 2 is 1.96 bits per heavy atom. The van der Waals surface area contributed by atoms with E-state index in [2.05, 4.69) is 0 Å². The van der Waals surface area contributed by atoms with E-state index < -0.39 is 5.97 Å². The minimum atomic E-state index is -1.05. The monoisotopic (exact) mass is 391 g/mol. The highest BCUT2D eigenvalue weighted by atomic mass is 16.5. The minimum absolute atomic E-state index is 0.0566. The van der Waals surface area contributed by atoms with Gasteiger partial charge in [-0.25, -0.2) is 0 Å². The number of morpholine rings is 1. The highest BCUT2D eigenvalue weighted by molar-refractivity contribution is 5.96. The maximum Gasteiger partial charge on any atom is 0.323 e. The Labute approximate surface area is 163 Å². The molecule has 0 spiro atoms. The summed E-state index contributed by atoms with van der Waals surface area (Å²) < 4.78 is 11.1. The average molecular weight is 391 g/mol. The van der Waals surface area contributed by atoms with Crippen molar-refractivity contribution < 1.29 is 29.0 Å². The van der Waals surface area contributed by atoms with Crippen LogP contribution in [0.25, 0.3) is 0 Å². The predicted octanol–water partition coefficient (Wildman–Crippen LogP) is 0.289. The largest absolute Gasteiger partial charge is 0.489 e. The number of hydrogen-bond acceptors (Lipinski definition) is 6. The number of nitrogens with zero attached hydrogens (tertiary/aromatic N) is 3. The Kier molecular flexibility index (Phi) is 6.03. The van der Waals surface area contributed by atoms with E-state index in [1.807, 2.05) is 11.9 Å². The molecule has 0 aliphatic carbocycles. The zero-order chi connectivity index (χ0) is 20.3. The third-order valence-corrected chi connectivity index (χ3v) is 5.07. The molecule has 0 radical (unpaired) electrons. The molecule has 28 heavy (non-hydrogen) atoms. The number of amides is 2. The van der Waals surface area contributed by atoms with Crippen LogP contribution in [0.15, 0.2) is 18.2 Å². The SMILES string of the molecule is CN(CC(=O)O)C(=O)C[C@@H]1COc2ccc(C(=O)N3CCOCC3)cc2N1C. The molecule has 1 atom stereocenters. The van der Waals surface area contributed by atoms with Gasteiger partial charge in [-0.15, -0.1) is 0 Å². The summed E-state index contributed by atoms with van der Waals surface area (Å²) in [6.07, 6.45) is 0.126. The van der Waals surface area contributed by atoms with Gasteiger partial charge in [0.25, 0.3) is 5.91 Å². The van der Waals surface area contributed by atoms with Gasteiger partial charge in [0.2, 0.25) is 5.91 Å². The van der Waals surface area contributed by atoms with Gasteiger partial charge in [-0.05, 0) is 18.2 Å². The second-order valence-electron chi connectivity index (χ2n) is 7.01. The van der Waals surface area contributed by atoms with Crippen molar-refractivity contribution in [3.05, 3.63) is 23.8 Å². The van der Waals surface area contributed by atoms with Crippen molar-refractivity contribution in [2.24, 2.45) is 0 Å². The number of likely N-dealkylation sites (N-methyl/N-ethyl adjacent to an activating group) is 2. The molecule has 2 aliphatic heterocycles. The molecular weight excluding hydrogens is 366 g/mol. The first-order chi connectivity index (χ1) is 13.4. The van der Waals surface area contributed by atoms with Gasteiger partial charge in [-0.2, -0.15) is 0 Å². The zero-order valence-electron chi connectivity index (χ0n) is 16.1. The first-order valence-corrected chi connectivity index (χ1v) is 9.19. The fraction of sp³-hybridized carbons (Fsp3) is 0.526. The van der Waals surface area contributed by atoms with Crippen molar-refractivity contribution in [2.75, 3.05) is 58.5 Å². The topological polar surface area (TPSA) is 99.6 Å². The highest BCUT2D eigenvalue weighted by Crippen LogP contribution is 2.35. The Balaban J connectivity index is 1.72. The maximum absolute atomic E-state index is 12.7. The van der Waals surface area contributed by atoms with Gasteiger partial charge in [0, 0.05) is 32.7 Å². The highest BCUT2D eigenvalue weighted by Gasteiger charge is 2.29. The fourth-order valence-electron chi connectivity index (χ4n) is 3.34. The van der Waals surface area contributed by atoms with Crippen molar-refractivity contribution in [2.45, 2.75) is 12.5 Å². The standard InChI is InChI=1S/C19H25N3O6/c1-20(11-18(24)25)17(23)10-14-12-28-16-4-3-13(9-15(16)21(14)2)19(26)22-5-7-27-8-6-22/h3-4,9,14H,5-8,10-12H2,1-2H3,(H,24,25)/t14-/m1/s1. The van der Waals surface area contributed by atoms with Gasteiger partial charge in [0.1, 0.15) is 18.9 Å².